The highest BCUT2D eigenvalue weighted by atomic mass is 19.4. The lowest BCUT2D eigenvalue weighted by atomic mass is 10.1. The van der Waals surface area contributed by atoms with Gasteiger partial charge < -0.3 is 4.90 Å². The zero-order valence-corrected chi connectivity index (χ0v) is 16.6. The van der Waals surface area contributed by atoms with Gasteiger partial charge in [-0.1, -0.05) is 12.1 Å². The van der Waals surface area contributed by atoms with Gasteiger partial charge in [-0.25, -0.2) is 4.68 Å². The third kappa shape index (κ3) is 4.24. The van der Waals surface area contributed by atoms with Crippen LogP contribution in [0.2, 0.25) is 0 Å². The van der Waals surface area contributed by atoms with E-state index in [-0.39, 0.29) is 29.2 Å². The van der Waals surface area contributed by atoms with Crippen molar-refractivity contribution in [3.05, 3.63) is 76.9 Å². The molecule has 0 aliphatic rings. The van der Waals surface area contributed by atoms with E-state index in [4.69, 9.17) is 0 Å². The minimum absolute atomic E-state index is 0.0743. The summed E-state index contributed by atoms with van der Waals surface area (Å²) in [5.41, 5.74) is 0.566. The lowest BCUT2D eigenvalue weighted by Gasteiger charge is -2.16. The Morgan fingerprint density at radius 3 is 2.47 bits per heavy atom. The number of alkyl halides is 3. The van der Waals surface area contributed by atoms with Gasteiger partial charge in [-0.15, -0.1) is 0 Å². The summed E-state index contributed by atoms with van der Waals surface area (Å²) in [4.78, 5) is 30.9. The summed E-state index contributed by atoms with van der Waals surface area (Å²) in [6.45, 7) is 3.22. The summed E-state index contributed by atoms with van der Waals surface area (Å²) < 4.78 is 40.3. The fraction of sp³-hybridized carbons (Fsp3) is 0.238. The maximum atomic E-state index is 13.0. The summed E-state index contributed by atoms with van der Waals surface area (Å²) in [6, 6.07) is 9.87. The van der Waals surface area contributed by atoms with Gasteiger partial charge in [0.1, 0.15) is 0 Å². The highest BCUT2D eigenvalue weighted by molar-refractivity contribution is 6.43. The van der Waals surface area contributed by atoms with Crippen molar-refractivity contribution in [1.82, 2.24) is 19.7 Å². The molecule has 6 nitrogen and oxygen atoms in total. The van der Waals surface area contributed by atoms with Crippen molar-refractivity contribution in [2.45, 2.75) is 26.6 Å². The van der Waals surface area contributed by atoms with E-state index < -0.39 is 23.4 Å². The van der Waals surface area contributed by atoms with E-state index in [0.717, 1.165) is 12.1 Å². The molecule has 1 aromatic carbocycles. The van der Waals surface area contributed by atoms with Crippen molar-refractivity contribution in [2.75, 3.05) is 7.05 Å². The summed E-state index contributed by atoms with van der Waals surface area (Å²) in [7, 11) is 1.48. The van der Waals surface area contributed by atoms with Crippen molar-refractivity contribution >= 4 is 11.7 Å². The zero-order chi connectivity index (χ0) is 22.1. The molecule has 3 aromatic rings. The van der Waals surface area contributed by atoms with Gasteiger partial charge in [0, 0.05) is 13.2 Å². The summed E-state index contributed by atoms with van der Waals surface area (Å²) in [5, 5.41) is 4.20. The van der Waals surface area contributed by atoms with Crippen LogP contribution in [0.15, 0.2) is 48.7 Å². The first-order valence-corrected chi connectivity index (χ1v) is 9.03. The average Bonchev–Trinajstić information content (AvgIpc) is 3.01. The molecule has 3 rings (SSSR count). The molecule has 0 bridgehead atoms. The molecular weight excluding hydrogens is 397 g/mol. The number of halogens is 3. The summed E-state index contributed by atoms with van der Waals surface area (Å²) in [5.74, 6) is -1.53. The first kappa shape index (κ1) is 21.2. The van der Waals surface area contributed by atoms with Gasteiger partial charge in [0.05, 0.1) is 40.4 Å². The van der Waals surface area contributed by atoms with Crippen LogP contribution in [-0.2, 0) is 17.5 Å². The van der Waals surface area contributed by atoms with Crippen LogP contribution >= 0.6 is 0 Å². The first-order chi connectivity index (χ1) is 14.1. The monoisotopic (exact) mass is 416 g/mol. The van der Waals surface area contributed by atoms with Crippen molar-refractivity contribution in [3.63, 3.8) is 0 Å². The fourth-order valence-corrected chi connectivity index (χ4v) is 3.12. The molecule has 1 amide bonds. The van der Waals surface area contributed by atoms with Gasteiger partial charge in [0.15, 0.2) is 0 Å². The van der Waals surface area contributed by atoms with Crippen molar-refractivity contribution in [1.29, 1.82) is 0 Å². The Labute approximate surface area is 171 Å². The van der Waals surface area contributed by atoms with Crippen LogP contribution in [0.1, 0.15) is 33.0 Å². The third-order valence-corrected chi connectivity index (χ3v) is 4.60. The number of amides is 1. The number of carbonyl (C=O) groups excluding carboxylic acids is 2. The normalized spacial score (nSPS) is 11.4. The van der Waals surface area contributed by atoms with Crippen LogP contribution in [0.3, 0.4) is 0 Å². The maximum absolute atomic E-state index is 13.0. The van der Waals surface area contributed by atoms with Gasteiger partial charge in [-0.05, 0) is 44.2 Å². The Kier molecular flexibility index (Phi) is 5.73. The number of aromatic nitrogens is 3. The second-order valence-electron chi connectivity index (χ2n) is 6.82. The number of hydrogen-bond acceptors (Lipinski definition) is 4. The molecule has 0 N–H and O–H groups in total. The molecule has 2 aromatic heterocycles. The van der Waals surface area contributed by atoms with Gasteiger partial charge >= 0.3 is 6.18 Å². The van der Waals surface area contributed by atoms with E-state index in [9.17, 15) is 22.8 Å². The highest BCUT2D eigenvalue weighted by Gasteiger charge is 2.31. The number of pyridine rings is 1. The second-order valence-corrected chi connectivity index (χ2v) is 6.82. The number of benzene rings is 1. The summed E-state index contributed by atoms with van der Waals surface area (Å²) in [6.07, 6.45) is -2.92. The van der Waals surface area contributed by atoms with Crippen molar-refractivity contribution < 1.29 is 22.8 Å². The number of likely N-dealkylation sites (N-methyl/N-ethyl adjacent to an activating group) is 1. The van der Waals surface area contributed by atoms with Crippen LogP contribution in [0, 0.1) is 13.8 Å². The lowest BCUT2D eigenvalue weighted by Crippen LogP contribution is -2.33. The standard InChI is InChI=1S/C21H19F3N4O2/c1-13-18(19(29)20(30)27(3)12-16-8-4-5-10-25-16)14(2)28(26-13)17-9-6-7-15(11-17)21(22,23)24/h4-11H,12H2,1-3H3. The van der Waals surface area contributed by atoms with Gasteiger partial charge in [-0.2, -0.15) is 18.3 Å². The number of carbonyl (C=O) groups is 2. The van der Waals surface area contributed by atoms with Crippen LogP contribution in [-0.4, -0.2) is 38.4 Å². The predicted molar refractivity (Wildman–Crippen MR) is 103 cm³/mol. The fourth-order valence-electron chi connectivity index (χ4n) is 3.12. The minimum atomic E-state index is -4.51. The Morgan fingerprint density at radius 1 is 1.10 bits per heavy atom. The molecular formula is C21H19F3N4O2. The Hall–Kier alpha value is -3.49. The maximum Gasteiger partial charge on any atom is 0.416 e. The number of aryl methyl sites for hydroxylation is 1. The number of ketones is 1. The number of nitrogens with zero attached hydrogens (tertiary/aromatic N) is 4. The van der Waals surface area contributed by atoms with E-state index >= 15 is 0 Å². The van der Waals surface area contributed by atoms with Crippen LogP contribution in [0.5, 0.6) is 0 Å². The predicted octanol–water partition coefficient (Wildman–Crippen LogP) is 3.74. The lowest BCUT2D eigenvalue weighted by molar-refractivity contribution is -0.137. The van der Waals surface area contributed by atoms with E-state index in [0.29, 0.717) is 5.69 Å². The Bertz CT molecular complexity index is 1090. The highest BCUT2D eigenvalue weighted by Crippen LogP contribution is 2.31. The average molecular weight is 416 g/mol. The Morgan fingerprint density at radius 2 is 1.83 bits per heavy atom. The van der Waals surface area contributed by atoms with Gasteiger partial charge in [0.25, 0.3) is 11.7 Å². The van der Waals surface area contributed by atoms with Gasteiger partial charge in [0.2, 0.25) is 0 Å². The SMILES string of the molecule is Cc1nn(-c2cccc(C(F)(F)F)c2)c(C)c1C(=O)C(=O)N(C)Cc1ccccn1. The number of rotatable bonds is 5. The zero-order valence-electron chi connectivity index (χ0n) is 16.6. The molecule has 0 saturated carbocycles. The molecule has 0 aliphatic carbocycles. The molecule has 9 heteroatoms. The summed E-state index contributed by atoms with van der Waals surface area (Å²) >= 11 is 0. The topological polar surface area (TPSA) is 68.1 Å². The first-order valence-electron chi connectivity index (χ1n) is 9.03. The van der Waals surface area contributed by atoms with Crippen LogP contribution in [0.25, 0.3) is 5.69 Å². The molecule has 156 valence electrons. The van der Waals surface area contributed by atoms with Crippen molar-refractivity contribution in [2.24, 2.45) is 0 Å². The van der Waals surface area contributed by atoms with Crippen LogP contribution < -0.4 is 0 Å². The molecule has 0 saturated heterocycles. The van der Waals surface area contributed by atoms with E-state index in [1.807, 2.05) is 0 Å². The molecule has 0 unspecified atom stereocenters. The minimum Gasteiger partial charge on any atom is -0.333 e. The van der Waals surface area contributed by atoms with Crippen molar-refractivity contribution in [3.8, 4) is 5.69 Å². The Balaban J connectivity index is 1.90. The molecule has 0 radical (unpaired) electrons. The van der Waals surface area contributed by atoms with E-state index in [2.05, 4.69) is 10.1 Å². The molecule has 30 heavy (non-hydrogen) atoms. The van der Waals surface area contributed by atoms with E-state index in [1.165, 1.54) is 35.7 Å². The quantitative estimate of drug-likeness (QED) is 0.469. The molecule has 0 atom stereocenters. The smallest absolute Gasteiger partial charge is 0.333 e. The van der Waals surface area contributed by atoms with Crippen LogP contribution in [0.4, 0.5) is 13.2 Å². The molecule has 2 heterocycles. The largest absolute Gasteiger partial charge is 0.416 e. The molecule has 0 spiro atoms. The number of hydrogen-bond donors (Lipinski definition) is 0. The van der Waals surface area contributed by atoms with E-state index in [1.54, 1.807) is 31.3 Å². The molecule has 0 fully saturated rings. The number of Topliss-reactive ketones (excluding diaryl/α,β-unsaturated/α-hetero) is 1. The molecule has 0 aliphatic heterocycles. The third-order valence-electron chi connectivity index (χ3n) is 4.60. The second kappa shape index (κ2) is 8.10. The van der Waals surface area contributed by atoms with Gasteiger partial charge in [-0.3, -0.25) is 14.6 Å².